The first-order chi connectivity index (χ1) is 9.08. The van der Waals surface area contributed by atoms with Gasteiger partial charge in [0.1, 0.15) is 0 Å². The highest BCUT2D eigenvalue weighted by Crippen LogP contribution is 2.37. The molecule has 2 aromatic rings. The zero-order valence-corrected chi connectivity index (χ0v) is 12.5. The molecule has 2 rings (SSSR count). The summed E-state index contributed by atoms with van der Waals surface area (Å²) in [6.45, 7) is 0. The van der Waals surface area contributed by atoms with Crippen LogP contribution in [-0.4, -0.2) is 33.4 Å². The molecule has 0 saturated carbocycles. The van der Waals surface area contributed by atoms with E-state index in [9.17, 15) is 4.79 Å². The predicted molar refractivity (Wildman–Crippen MR) is 79.2 cm³/mol. The smallest absolute Gasteiger partial charge is 0.356 e. The molecule has 6 heteroatoms. The maximum atomic E-state index is 11.0. The highest BCUT2D eigenvalue weighted by atomic mass is 32.2. The molecule has 0 aliphatic heterocycles. The van der Waals surface area contributed by atoms with Crippen molar-refractivity contribution in [3.8, 4) is 11.3 Å². The Morgan fingerprint density at radius 1 is 1.32 bits per heavy atom. The molecular formula is C13H14N2O2S2. The lowest BCUT2D eigenvalue weighted by Gasteiger charge is -2.11. The first-order valence-corrected chi connectivity index (χ1v) is 8.02. The van der Waals surface area contributed by atoms with Crippen LogP contribution in [-0.2, 0) is 7.05 Å². The number of carbonyl (C=O) groups is 1. The van der Waals surface area contributed by atoms with Crippen molar-refractivity contribution < 1.29 is 9.90 Å². The number of rotatable bonds is 4. The number of nitrogens with zero attached hydrogens (tertiary/aromatic N) is 2. The maximum absolute atomic E-state index is 11.0. The molecule has 0 aliphatic rings. The molecule has 0 bridgehead atoms. The van der Waals surface area contributed by atoms with Crippen LogP contribution >= 0.6 is 23.5 Å². The summed E-state index contributed by atoms with van der Waals surface area (Å²) in [5, 5.41) is 13.0. The Morgan fingerprint density at radius 2 is 2.05 bits per heavy atom. The normalized spacial score (nSPS) is 10.7. The van der Waals surface area contributed by atoms with Crippen LogP contribution in [0, 0.1) is 0 Å². The van der Waals surface area contributed by atoms with Gasteiger partial charge in [-0.2, -0.15) is 5.10 Å². The first-order valence-electron chi connectivity index (χ1n) is 5.57. The fourth-order valence-electron chi connectivity index (χ4n) is 1.91. The molecule has 4 nitrogen and oxygen atoms in total. The summed E-state index contributed by atoms with van der Waals surface area (Å²) in [6.07, 6.45) is 4.05. The molecule has 0 spiro atoms. The lowest BCUT2D eigenvalue weighted by molar-refractivity contribution is 0.0689. The second-order valence-corrected chi connectivity index (χ2v) is 5.55. The van der Waals surface area contributed by atoms with Crippen LogP contribution in [0.15, 0.2) is 34.1 Å². The molecular weight excluding hydrogens is 280 g/mol. The van der Waals surface area contributed by atoms with Crippen LogP contribution in [0.1, 0.15) is 10.5 Å². The van der Waals surface area contributed by atoms with Gasteiger partial charge in [-0.25, -0.2) is 4.79 Å². The third kappa shape index (κ3) is 2.64. The highest BCUT2D eigenvalue weighted by molar-refractivity contribution is 8.01. The van der Waals surface area contributed by atoms with E-state index in [1.165, 1.54) is 4.90 Å². The topological polar surface area (TPSA) is 55.1 Å². The Morgan fingerprint density at radius 3 is 2.58 bits per heavy atom. The van der Waals surface area contributed by atoms with E-state index in [2.05, 4.69) is 11.2 Å². The van der Waals surface area contributed by atoms with Gasteiger partial charge in [-0.3, -0.25) is 4.68 Å². The number of thioether (sulfide) groups is 2. The Balaban J connectivity index is 2.61. The van der Waals surface area contributed by atoms with Gasteiger partial charge >= 0.3 is 5.97 Å². The van der Waals surface area contributed by atoms with Crippen LogP contribution in [0.3, 0.4) is 0 Å². The summed E-state index contributed by atoms with van der Waals surface area (Å²) in [6, 6.07) is 7.65. The standard InChI is InChI=1S/C13H14N2O2S2/c1-15-10(7-9(14-15)13(16)17)8-5-4-6-11(18-2)12(8)19-3/h4-7H,1-3H3,(H,16,17). The monoisotopic (exact) mass is 294 g/mol. The molecule has 1 N–H and O–H groups in total. The molecule has 0 unspecified atom stereocenters. The van der Waals surface area contributed by atoms with Crippen molar-refractivity contribution in [3.63, 3.8) is 0 Å². The molecule has 100 valence electrons. The summed E-state index contributed by atoms with van der Waals surface area (Å²) in [4.78, 5) is 13.3. The Kier molecular flexibility index (Phi) is 4.21. The van der Waals surface area contributed by atoms with Crippen molar-refractivity contribution in [2.24, 2.45) is 7.05 Å². The van der Waals surface area contributed by atoms with Crippen molar-refractivity contribution >= 4 is 29.5 Å². The van der Waals surface area contributed by atoms with Crippen LogP contribution in [0.2, 0.25) is 0 Å². The molecule has 0 radical (unpaired) electrons. The molecule has 1 aromatic heterocycles. The van der Waals surface area contributed by atoms with Crippen LogP contribution < -0.4 is 0 Å². The Bertz CT molecular complexity index is 623. The number of benzene rings is 1. The quantitative estimate of drug-likeness (QED) is 0.877. The molecule has 1 heterocycles. The van der Waals surface area contributed by atoms with Crippen LogP contribution in [0.25, 0.3) is 11.3 Å². The van der Waals surface area contributed by atoms with E-state index in [1.807, 2.05) is 24.6 Å². The van der Waals surface area contributed by atoms with Gasteiger partial charge in [-0.15, -0.1) is 23.5 Å². The van der Waals surface area contributed by atoms with Gasteiger partial charge < -0.3 is 5.11 Å². The van der Waals surface area contributed by atoms with E-state index in [4.69, 9.17) is 5.11 Å². The second-order valence-electron chi connectivity index (χ2n) is 3.88. The van der Waals surface area contributed by atoms with Crippen molar-refractivity contribution in [3.05, 3.63) is 30.0 Å². The molecule has 0 atom stereocenters. The number of aryl methyl sites for hydroxylation is 1. The van der Waals surface area contributed by atoms with E-state index in [0.717, 1.165) is 16.2 Å². The minimum Gasteiger partial charge on any atom is -0.476 e. The average Bonchev–Trinajstić information content (AvgIpc) is 2.79. The molecule has 19 heavy (non-hydrogen) atoms. The Hall–Kier alpha value is -1.40. The Labute approximate surface area is 120 Å². The SMILES string of the molecule is CSc1cccc(-c2cc(C(=O)O)nn2C)c1SC. The maximum Gasteiger partial charge on any atom is 0.356 e. The van der Waals surface area contributed by atoms with Gasteiger partial charge in [-0.1, -0.05) is 12.1 Å². The van der Waals surface area contributed by atoms with Crippen molar-refractivity contribution in [1.29, 1.82) is 0 Å². The number of hydrogen-bond donors (Lipinski definition) is 1. The molecule has 0 fully saturated rings. The minimum absolute atomic E-state index is 0.0686. The van der Waals surface area contributed by atoms with Crippen LogP contribution in [0.5, 0.6) is 0 Å². The number of aromatic nitrogens is 2. The first kappa shape index (κ1) is 14.0. The number of aromatic carboxylic acids is 1. The van der Waals surface area contributed by atoms with E-state index in [-0.39, 0.29) is 5.69 Å². The summed E-state index contributed by atoms with van der Waals surface area (Å²) >= 11 is 3.34. The van der Waals surface area contributed by atoms with Crippen LogP contribution in [0.4, 0.5) is 0 Å². The van der Waals surface area contributed by atoms with Crippen molar-refractivity contribution in [1.82, 2.24) is 9.78 Å². The summed E-state index contributed by atoms with van der Waals surface area (Å²) in [5.41, 5.74) is 1.90. The van der Waals surface area contributed by atoms with Gasteiger partial charge in [0.25, 0.3) is 0 Å². The summed E-state index contributed by atoms with van der Waals surface area (Å²) in [7, 11) is 1.76. The van der Waals surface area contributed by atoms with Crippen molar-refractivity contribution in [2.45, 2.75) is 9.79 Å². The van der Waals surface area contributed by atoms with Gasteiger partial charge in [0, 0.05) is 22.4 Å². The fraction of sp³-hybridized carbons (Fsp3) is 0.231. The predicted octanol–water partition coefficient (Wildman–Crippen LogP) is 3.23. The van der Waals surface area contributed by atoms with Crippen molar-refractivity contribution in [2.75, 3.05) is 12.5 Å². The molecule has 1 aromatic carbocycles. The minimum atomic E-state index is -1.01. The third-order valence-corrected chi connectivity index (χ3v) is 4.54. The van der Waals surface area contributed by atoms with Gasteiger partial charge in [0.15, 0.2) is 5.69 Å². The number of carboxylic acid groups (broad SMARTS) is 1. The number of carboxylic acids is 1. The molecule has 0 amide bonds. The fourth-order valence-corrected chi connectivity index (χ4v) is 3.58. The largest absolute Gasteiger partial charge is 0.476 e. The lowest BCUT2D eigenvalue weighted by Crippen LogP contribution is -1.99. The van der Waals surface area contributed by atoms with E-state index >= 15 is 0 Å². The zero-order valence-electron chi connectivity index (χ0n) is 10.9. The van der Waals surface area contributed by atoms with E-state index in [1.54, 1.807) is 41.3 Å². The van der Waals surface area contributed by atoms with Gasteiger partial charge in [0.05, 0.1) is 5.69 Å². The average molecular weight is 294 g/mol. The highest BCUT2D eigenvalue weighted by Gasteiger charge is 2.16. The van der Waals surface area contributed by atoms with Gasteiger partial charge in [-0.05, 0) is 24.6 Å². The molecule has 0 saturated heterocycles. The lowest BCUT2D eigenvalue weighted by atomic mass is 10.1. The molecule has 0 aliphatic carbocycles. The van der Waals surface area contributed by atoms with Gasteiger partial charge in [0.2, 0.25) is 0 Å². The third-order valence-electron chi connectivity index (χ3n) is 2.78. The van der Waals surface area contributed by atoms with E-state index < -0.39 is 5.97 Å². The summed E-state index contributed by atoms with van der Waals surface area (Å²) in [5.74, 6) is -1.01. The summed E-state index contributed by atoms with van der Waals surface area (Å²) < 4.78 is 1.61. The van der Waals surface area contributed by atoms with E-state index in [0.29, 0.717) is 0 Å². The number of hydrogen-bond acceptors (Lipinski definition) is 4. The zero-order chi connectivity index (χ0) is 14.0. The second kappa shape index (κ2) is 5.71.